The first kappa shape index (κ1) is 15.4. The number of amides is 1. The number of hydrogen-bond acceptors (Lipinski definition) is 4. The van der Waals surface area contributed by atoms with E-state index in [1.807, 2.05) is 13.8 Å². The Balaban J connectivity index is 2.68. The van der Waals surface area contributed by atoms with E-state index in [1.165, 1.54) is 12.8 Å². The van der Waals surface area contributed by atoms with Gasteiger partial charge < -0.3 is 10.6 Å². The molecule has 19 heavy (non-hydrogen) atoms. The molecule has 0 bridgehead atoms. The number of nitrogens with zero attached hydrogens (tertiary/aromatic N) is 2. The largest absolute Gasteiger partial charge is 0.370 e. The van der Waals surface area contributed by atoms with Crippen LogP contribution in [0.5, 0.6) is 0 Å². The summed E-state index contributed by atoms with van der Waals surface area (Å²) in [4.78, 5) is 20.4. The molecule has 5 nitrogen and oxygen atoms in total. The van der Waals surface area contributed by atoms with Crippen LogP contribution in [0.4, 0.5) is 5.82 Å². The molecule has 1 amide bonds. The third-order valence-electron chi connectivity index (χ3n) is 2.58. The Hall–Kier alpha value is -1.65. The van der Waals surface area contributed by atoms with Crippen molar-refractivity contribution in [3.05, 3.63) is 17.6 Å². The molecule has 0 fully saturated rings. The molecule has 0 radical (unpaired) electrons. The van der Waals surface area contributed by atoms with Gasteiger partial charge in [-0.2, -0.15) is 0 Å². The minimum absolute atomic E-state index is 0.101. The molecule has 0 atom stereocenters. The van der Waals surface area contributed by atoms with Crippen LogP contribution in [0.25, 0.3) is 0 Å². The van der Waals surface area contributed by atoms with E-state index in [-0.39, 0.29) is 11.9 Å². The summed E-state index contributed by atoms with van der Waals surface area (Å²) in [6.07, 6.45) is 3.48. The maximum absolute atomic E-state index is 11.9. The molecule has 0 saturated carbocycles. The number of carbonyl (C=O) groups is 1. The van der Waals surface area contributed by atoms with Gasteiger partial charge in [0, 0.05) is 18.7 Å². The smallest absolute Gasteiger partial charge is 0.270 e. The highest BCUT2D eigenvalue weighted by Gasteiger charge is 2.11. The van der Waals surface area contributed by atoms with Gasteiger partial charge in [-0.1, -0.05) is 19.8 Å². The topological polar surface area (TPSA) is 66.9 Å². The Morgan fingerprint density at radius 3 is 2.68 bits per heavy atom. The average Bonchev–Trinajstić information content (AvgIpc) is 2.33. The molecular formula is C14H24N4O. The van der Waals surface area contributed by atoms with Crippen LogP contribution >= 0.6 is 0 Å². The molecule has 1 heterocycles. The standard InChI is InChI=1S/C14H24N4O/c1-5-6-7-8-15-13-9-12(17-11(4)18-13)14(19)16-10(2)3/h9-10H,5-8H2,1-4H3,(H,16,19)(H,15,17,18). The van der Waals surface area contributed by atoms with E-state index in [9.17, 15) is 4.79 Å². The molecule has 0 unspecified atom stereocenters. The monoisotopic (exact) mass is 264 g/mol. The number of carbonyl (C=O) groups excluding carboxylic acids is 1. The van der Waals surface area contributed by atoms with Crippen LogP contribution in [0.2, 0.25) is 0 Å². The summed E-state index contributed by atoms with van der Waals surface area (Å²) in [5, 5.41) is 6.07. The van der Waals surface area contributed by atoms with Gasteiger partial charge >= 0.3 is 0 Å². The summed E-state index contributed by atoms with van der Waals surface area (Å²) in [5.74, 6) is 1.17. The van der Waals surface area contributed by atoms with Crippen LogP contribution in [0, 0.1) is 6.92 Å². The molecule has 0 aromatic carbocycles. The summed E-state index contributed by atoms with van der Waals surface area (Å²) in [5.41, 5.74) is 0.416. The van der Waals surface area contributed by atoms with Crippen LogP contribution in [-0.2, 0) is 0 Å². The molecule has 0 saturated heterocycles. The molecule has 0 aliphatic carbocycles. The van der Waals surface area contributed by atoms with Gasteiger partial charge in [0.25, 0.3) is 5.91 Å². The van der Waals surface area contributed by atoms with Crippen LogP contribution in [0.3, 0.4) is 0 Å². The lowest BCUT2D eigenvalue weighted by molar-refractivity contribution is 0.0937. The molecular weight excluding hydrogens is 240 g/mol. The van der Waals surface area contributed by atoms with Crippen LogP contribution in [0.15, 0.2) is 6.07 Å². The van der Waals surface area contributed by atoms with Gasteiger partial charge in [-0.15, -0.1) is 0 Å². The fourth-order valence-electron chi connectivity index (χ4n) is 1.70. The van der Waals surface area contributed by atoms with Crippen LogP contribution < -0.4 is 10.6 Å². The first-order valence-electron chi connectivity index (χ1n) is 6.93. The second kappa shape index (κ2) is 7.71. The number of hydrogen-bond donors (Lipinski definition) is 2. The Bertz CT molecular complexity index is 418. The zero-order valence-electron chi connectivity index (χ0n) is 12.3. The minimum atomic E-state index is -0.155. The number of aryl methyl sites for hydroxylation is 1. The second-order valence-electron chi connectivity index (χ2n) is 4.95. The number of anilines is 1. The number of rotatable bonds is 7. The maximum Gasteiger partial charge on any atom is 0.270 e. The Morgan fingerprint density at radius 2 is 2.05 bits per heavy atom. The van der Waals surface area contributed by atoms with Gasteiger partial charge in [-0.25, -0.2) is 9.97 Å². The highest BCUT2D eigenvalue weighted by molar-refractivity contribution is 5.93. The maximum atomic E-state index is 11.9. The summed E-state index contributed by atoms with van der Waals surface area (Å²) in [6, 6.07) is 1.81. The molecule has 106 valence electrons. The Morgan fingerprint density at radius 1 is 1.32 bits per heavy atom. The van der Waals surface area contributed by atoms with Gasteiger partial charge in [0.15, 0.2) is 0 Å². The molecule has 5 heteroatoms. The number of aromatic nitrogens is 2. The number of unbranched alkanes of at least 4 members (excludes halogenated alkanes) is 2. The van der Waals surface area contributed by atoms with Crippen molar-refractivity contribution in [1.29, 1.82) is 0 Å². The molecule has 1 rings (SSSR count). The molecule has 0 spiro atoms. The van der Waals surface area contributed by atoms with Crippen molar-refractivity contribution in [3.63, 3.8) is 0 Å². The SMILES string of the molecule is CCCCCNc1cc(C(=O)NC(C)C)nc(C)n1. The van der Waals surface area contributed by atoms with Crippen molar-refractivity contribution in [2.45, 2.75) is 53.0 Å². The highest BCUT2D eigenvalue weighted by Crippen LogP contribution is 2.07. The minimum Gasteiger partial charge on any atom is -0.370 e. The van der Waals surface area contributed by atoms with Gasteiger partial charge in [-0.05, 0) is 27.2 Å². The first-order chi connectivity index (χ1) is 9.02. The molecule has 0 aliphatic rings. The van der Waals surface area contributed by atoms with Crippen molar-refractivity contribution in [3.8, 4) is 0 Å². The van der Waals surface area contributed by atoms with Crippen LogP contribution in [0.1, 0.15) is 56.3 Å². The van der Waals surface area contributed by atoms with Crippen molar-refractivity contribution >= 4 is 11.7 Å². The lowest BCUT2D eigenvalue weighted by atomic mass is 10.2. The van der Waals surface area contributed by atoms with Gasteiger partial charge in [0.1, 0.15) is 17.3 Å². The van der Waals surface area contributed by atoms with E-state index in [0.717, 1.165) is 18.8 Å². The highest BCUT2D eigenvalue weighted by atomic mass is 16.1. The predicted molar refractivity (Wildman–Crippen MR) is 77.4 cm³/mol. The zero-order chi connectivity index (χ0) is 14.3. The Kier molecular flexibility index (Phi) is 6.25. The molecule has 2 N–H and O–H groups in total. The summed E-state index contributed by atoms with van der Waals surface area (Å²) >= 11 is 0. The Labute approximate surface area is 115 Å². The van der Waals surface area contributed by atoms with Crippen LogP contribution in [-0.4, -0.2) is 28.5 Å². The van der Waals surface area contributed by atoms with Crippen molar-refractivity contribution < 1.29 is 4.79 Å². The van der Waals surface area contributed by atoms with Crippen molar-refractivity contribution in [2.75, 3.05) is 11.9 Å². The van der Waals surface area contributed by atoms with Gasteiger partial charge in [-0.3, -0.25) is 4.79 Å². The van der Waals surface area contributed by atoms with Gasteiger partial charge in [0.05, 0.1) is 0 Å². The fourth-order valence-corrected chi connectivity index (χ4v) is 1.70. The lowest BCUT2D eigenvalue weighted by Gasteiger charge is -2.10. The van der Waals surface area contributed by atoms with Crippen molar-refractivity contribution in [2.24, 2.45) is 0 Å². The van der Waals surface area contributed by atoms with Crippen molar-refractivity contribution in [1.82, 2.24) is 15.3 Å². The lowest BCUT2D eigenvalue weighted by Crippen LogP contribution is -2.31. The number of nitrogens with one attached hydrogen (secondary N) is 2. The van der Waals surface area contributed by atoms with E-state index < -0.39 is 0 Å². The van der Waals surface area contributed by atoms with E-state index in [1.54, 1.807) is 13.0 Å². The average molecular weight is 264 g/mol. The van der Waals surface area contributed by atoms with Gasteiger partial charge in [0.2, 0.25) is 0 Å². The first-order valence-corrected chi connectivity index (χ1v) is 6.93. The van der Waals surface area contributed by atoms with E-state index in [4.69, 9.17) is 0 Å². The second-order valence-corrected chi connectivity index (χ2v) is 4.95. The van der Waals surface area contributed by atoms with E-state index in [0.29, 0.717) is 11.5 Å². The third kappa shape index (κ3) is 5.68. The zero-order valence-corrected chi connectivity index (χ0v) is 12.3. The third-order valence-corrected chi connectivity index (χ3v) is 2.58. The quantitative estimate of drug-likeness (QED) is 0.743. The predicted octanol–water partition coefficient (Wildman–Crippen LogP) is 2.53. The summed E-state index contributed by atoms with van der Waals surface area (Å²) in [6.45, 7) is 8.69. The fraction of sp³-hybridized carbons (Fsp3) is 0.643. The summed E-state index contributed by atoms with van der Waals surface area (Å²) in [7, 11) is 0. The normalized spacial score (nSPS) is 10.6. The molecule has 1 aromatic heterocycles. The summed E-state index contributed by atoms with van der Waals surface area (Å²) < 4.78 is 0. The van der Waals surface area contributed by atoms with E-state index >= 15 is 0 Å². The molecule has 0 aliphatic heterocycles. The molecule has 1 aromatic rings. The van der Waals surface area contributed by atoms with E-state index in [2.05, 4.69) is 27.5 Å².